The third-order valence-electron chi connectivity index (χ3n) is 7.09. The number of aromatic carboxylic acids is 1. The van der Waals surface area contributed by atoms with Crippen molar-refractivity contribution in [3.8, 4) is 5.75 Å². The van der Waals surface area contributed by atoms with Crippen molar-refractivity contribution in [3.05, 3.63) is 45.3 Å². The Morgan fingerprint density at radius 3 is 2.40 bits per heavy atom. The van der Waals surface area contributed by atoms with Gasteiger partial charge in [0.25, 0.3) is 5.56 Å². The Morgan fingerprint density at radius 1 is 1.20 bits per heavy atom. The molecular formula is C22H24ClN3O4. The van der Waals surface area contributed by atoms with Gasteiger partial charge in [0.1, 0.15) is 10.8 Å². The molecule has 0 radical (unpaired) electrons. The van der Waals surface area contributed by atoms with Crippen LogP contribution in [0.4, 0.5) is 11.4 Å². The van der Waals surface area contributed by atoms with E-state index in [1.165, 1.54) is 38.5 Å². The number of carboxylic acid groups (broad SMARTS) is 1. The number of hydrogen-bond acceptors (Lipinski definition) is 5. The van der Waals surface area contributed by atoms with E-state index in [0.717, 1.165) is 19.3 Å². The Bertz CT molecular complexity index is 1050. The van der Waals surface area contributed by atoms with Gasteiger partial charge in [0.15, 0.2) is 0 Å². The first-order valence-corrected chi connectivity index (χ1v) is 10.7. The lowest BCUT2D eigenvalue weighted by Gasteiger charge is -2.56. The fourth-order valence-corrected chi connectivity index (χ4v) is 6.44. The summed E-state index contributed by atoms with van der Waals surface area (Å²) < 4.78 is 6.94. The average Bonchev–Trinajstić information content (AvgIpc) is 2.70. The molecule has 4 aliphatic carbocycles. The molecule has 0 saturated heterocycles. The Morgan fingerprint density at radius 2 is 1.83 bits per heavy atom. The van der Waals surface area contributed by atoms with Gasteiger partial charge in [-0.15, -0.1) is 0 Å². The molecule has 0 aliphatic heterocycles. The molecule has 0 atom stereocenters. The molecule has 7 nitrogen and oxygen atoms in total. The minimum atomic E-state index is -1.05. The number of rotatable bonds is 5. The molecule has 0 amide bonds. The Hall–Kier alpha value is -2.54. The van der Waals surface area contributed by atoms with Gasteiger partial charge in [0, 0.05) is 0 Å². The first kappa shape index (κ1) is 19.4. The van der Waals surface area contributed by atoms with Gasteiger partial charge in [0.2, 0.25) is 0 Å². The van der Waals surface area contributed by atoms with Crippen molar-refractivity contribution in [2.75, 3.05) is 12.4 Å². The smallest absolute Gasteiger partial charge is 0.335 e. The van der Waals surface area contributed by atoms with Crippen molar-refractivity contribution in [1.29, 1.82) is 0 Å². The van der Waals surface area contributed by atoms with E-state index in [9.17, 15) is 14.7 Å². The van der Waals surface area contributed by atoms with Crippen LogP contribution in [0, 0.1) is 17.8 Å². The molecule has 2 aromatic rings. The molecule has 158 valence electrons. The molecule has 2 N–H and O–H groups in total. The molecule has 0 spiro atoms. The number of hydrogen-bond donors (Lipinski definition) is 2. The number of methoxy groups -OCH3 is 1. The van der Waals surface area contributed by atoms with Gasteiger partial charge in [0.05, 0.1) is 35.8 Å². The van der Waals surface area contributed by atoms with Crippen LogP contribution in [-0.4, -0.2) is 28.0 Å². The zero-order chi connectivity index (χ0) is 21.0. The summed E-state index contributed by atoms with van der Waals surface area (Å²) in [6, 6.07) is 4.46. The summed E-state index contributed by atoms with van der Waals surface area (Å²) >= 11 is 6.49. The van der Waals surface area contributed by atoms with Crippen molar-refractivity contribution < 1.29 is 14.6 Å². The maximum absolute atomic E-state index is 13.2. The number of halogens is 1. The molecular weight excluding hydrogens is 406 g/mol. The lowest BCUT2D eigenvalue weighted by molar-refractivity contribution is -0.0518. The normalized spacial score (nSPS) is 29.1. The molecule has 4 bridgehead atoms. The fraction of sp³-hybridized carbons (Fsp3) is 0.500. The first-order valence-electron chi connectivity index (χ1n) is 10.4. The van der Waals surface area contributed by atoms with Crippen LogP contribution in [0.3, 0.4) is 0 Å². The molecule has 8 heteroatoms. The first-order chi connectivity index (χ1) is 14.4. The van der Waals surface area contributed by atoms with E-state index in [1.807, 2.05) is 0 Å². The van der Waals surface area contributed by atoms with Gasteiger partial charge in [-0.1, -0.05) is 11.6 Å². The van der Waals surface area contributed by atoms with Crippen LogP contribution in [0.1, 0.15) is 48.9 Å². The highest BCUT2D eigenvalue weighted by Gasteiger charge is 2.53. The summed E-state index contributed by atoms with van der Waals surface area (Å²) in [6.45, 7) is 0. The van der Waals surface area contributed by atoms with Gasteiger partial charge in [-0.2, -0.15) is 5.10 Å². The third kappa shape index (κ3) is 3.07. The number of benzene rings is 1. The maximum atomic E-state index is 13.2. The lowest BCUT2D eigenvalue weighted by atomic mass is 9.53. The van der Waals surface area contributed by atoms with Gasteiger partial charge >= 0.3 is 5.97 Å². The van der Waals surface area contributed by atoms with Crippen LogP contribution in [0.2, 0.25) is 5.02 Å². The highest BCUT2D eigenvalue weighted by molar-refractivity contribution is 6.33. The zero-order valence-electron chi connectivity index (χ0n) is 16.7. The summed E-state index contributed by atoms with van der Waals surface area (Å²) in [5, 5.41) is 16.9. The summed E-state index contributed by atoms with van der Waals surface area (Å²) in [7, 11) is 1.49. The number of aromatic nitrogens is 2. The number of nitrogens with zero attached hydrogens (tertiary/aromatic N) is 2. The second-order valence-corrected chi connectivity index (χ2v) is 9.45. The Kier molecular flexibility index (Phi) is 4.54. The summed E-state index contributed by atoms with van der Waals surface area (Å²) in [6.07, 6.45) is 8.41. The highest BCUT2D eigenvalue weighted by atomic mass is 35.5. The quantitative estimate of drug-likeness (QED) is 0.737. The van der Waals surface area contributed by atoms with E-state index in [1.54, 1.807) is 16.9 Å². The predicted molar refractivity (Wildman–Crippen MR) is 113 cm³/mol. The highest BCUT2D eigenvalue weighted by Crippen LogP contribution is 2.58. The van der Waals surface area contributed by atoms with E-state index in [4.69, 9.17) is 16.3 Å². The topological polar surface area (TPSA) is 93.4 Å². The van der Waals surface area contributed by atoms with Crippen LogP contribution in [0.25, 0.3) is 0 Å². The monoisotopic (exact) mass is 429 g/mol. The molecule has 6 rings (SSSR count). The molecule has 1 heterocycles. The van der Waals surface area contributed by atoms with Gasteiger partial charge in [-0.05, 0) is 74.5 Å². The molecule has 30 heavy (non-hydrogen) atoms. The maximum Gasteiger partial charge on any atom is 0.335 e. The fourth-order valence-electron chi connectivity index (χ4n) is 6.27. The molecule has 4 aliphatic rings. The van der Waals surface area contributed by atoms with E-state index in [2.05, 4.69) is 10.4 Å². The van der Waals surface area contributed by atoms with Crippen LogP contribution in [0.5, 0.6) is 5.75 Å². The van der Waals surface area contributed by atoms with Gasteiger partial charge < -0.3 is 15.2 Å². The van der Waals surface area contributed by atoms with E-state index >= 15 is 0 Å². The average molecular weight is 430 g/mol. The number of carbonyl (C=O) groups is 1. The second-order valence-electron chi connectivity index (χ2n) is 9.08. The molecule has 1 aromatic heterocycles. The van der Waals surface area contributed by atoms with Crippen molar-refractivity contribution in [2.45, 2.75) is 44.1 Å². The Labute approximate surface area is 179 Å². The van der Waals surface area contributed by atoms with Gasteiger partial charge in [-0.3, -0.25) is 4.79 Å². The second kappa shape index (κ2) is 7.01. The SMILES string of the molecule is COc1ccc(C(=O)O)cc1Nc1cnn(C23CC4CC(CC(C4)C2)C3)c(=O)c1Cl. The largest absolute Gasteiger partial charge is 0.495 e. The number of nitrogens with one attached hydrogen (secondary N) is 1. The van der Waals surface area contributed by atoms with Crippen molar-refractivity contribution in [1.82, 2.24) is 9.78 Å². The predicted octanol–water partition coefficient (Wildman–Crippen LogP) is 4.27. The summed E-state index contributed by atoms with van der Waals surface area (Å²) in [5.74, 6) is 1.45. The van der Waals surface area contributed by atoms with E-state index < -0.39 is 5.97 Å². The zero-order valence-corrected chi connectivity index (χ0v) is 17.5. The lowest BCUT2D eigenvalue weighted by Crippen LogP contribution is -2.55. The van der Waals surface area contributed by atoms with Crippen molar-refractivity contribution in [3.63, 3.8) is 0 Å². The molecule has 4 fully saturated rings. The Balaban J connectivity index is 1.50. The number of carboxylic acids is 1. The summed E-state index contributed by atoms with van der Waals surface area (Å²) in [4.78, 5) is 24.5. The van der Waals surface area contributed by atoms with Crippen molar-refractivity contribution in [2.24, 2.45) is 17.8 Å². The van der Waals surface area contributed by atoms with Crippen LogP contribution in [-0.2, 0) is 5.54 Å². The van der Waals surface area contributed by atoms with Gasteiger partial charge in [-0.25, -0.2) is 9.48 Å². The van der Waals surface area contributed by atoms with E-state index in [-0.39, 0.29) is 21.7 Å². The molecule has 0 unspecified atom stereocenters. The number of anilines is 2. The minimum absolute atomic E-state index is 0.0588. The van der Waals surface area contributed by atoms with Crippen LogP contribution >= 0.6 is 11.6 Å². The standard InChI is InChI=1S/C22H24ClN3O4/c1-30-18-3-2-15(21(28)29)7-16(18)25-17-11-24-26(20(27)19(17)23)22-8-12-4-13(9-22)6-14(5-12)10-22/h2-3,7,11-14,25H,4-6,8-10H2,1H3,(H,28,29). The third-order valence-corrected chi connectivity index (χ3v) is 7.46. The molecule has 4 saturated carbocycles. The van der Waals surface area contributed by atoms with E-state index in [0.29, 0.717) is 34.9 Å². The summed E-state index contributed by atoms with van der Waals surface area (Å²) in [5.41, 5.74) is 0.340. The van der Waals surface area contributed by atoms with Crippen LogP contribution < -0.4 is 15.6 Å². The number of ether oxygens (including phenoxy) is 1. The van der Waals surface area contributed by atoms with Crippen LogP contribution in [0.15, 0.2) is 29.2 Å². The minimum Gasteiger partial charge on any atom is -0.495 e. The molecule has 1 aromatic carbocycles. The van der Waals surface area contributed by atoms with Crippen molar-refractivity contribution >= 4 is 28.9 Å².